The SMILES string of the molecule is CC(=O)Nc1cccc(C(=O)N2CCCC2C)c1. The molecule has 4 nitrogen and oxygen atoms in total. The van der Waals surface area contributed by atoms with E-state index < -0.39 is 0 Å². The number of amides is 2. The van der Waals surface area contributed by atoms with Crippen molar-refractivity contribution in [2.75, 3.05) is 11.9 Å². The van der Waals surface area contributed by atoms with Crippen molar-refractivity contribution in [1.29, 1.82) is 0 Å². The zero-order valence-corrected chi connectivity index (χ0v) is 10.8. The minimum atomic E-state index is -0.130. The number of carbonyl (C=O) groups excluding carboxylic acids is 2. The molecule has 1 atom stereocenters. The van der Waals surface area contributed by atoms with E-state index in [0.29, 0.717) is 17.3 Å². The molecule has 1 N–H and O–H groups in total. The number of likely N-dealkylation sites (tertiary alicyclic amines) is 1. The maximum Gasteiger partial charge on any atom is 0.254 e. The second kappa shape index (κ2) is 5.21. The second-order valence-corrected chi connectivity index (χ2v) is 4.75. The highest BCUT2D eigenvalue weighted by molar-refractivity contribution is 5.97. The summed E-state index contributed by atoms with van der Waals surface area (Å²) in [6.07, 6.45) is 2.13. The highest BCUT2D eigenvalue weighted by atomic mass is 16.2. The summed E-state index contributed by atoms with van der Waals surface area (Å²) in [6.45, 7) is 4.35. The van der Waals surface area contributed by atoms with Crippen LogP contribution in [-0.4, -0.2) is 29.3 Å². The Morgan fingerprint density at radius 3 is 2.78 bits per heavy atom. The van der Waals surface area contributed by atoms with Crippen LogP contribution in [0.3, 0.4) is 0 Å². The van der Waals surface area contributed by atoms with Gasteiger partial charge in [0, 0.05) is 30.8 Å². The van der Waals surface area contributed by atoms with E-state index in [9.17, 15) is 9.59 Å². The van der Waals surface area contributed by atoms with Crippen molar-refractivity contribution in [3.63, 3.8) is 0 Å². The Morgan fingerprint density at radius 2 is 2.17 bits per heavy atom. The van der Waals surface area contributed by atoms with Crippen LogP contribution < -0.4 is 5.32 Å². The van der Waals surface area contributed by atoms with Crippen molar-refractivity contribution in [3.05, 3.63) is 29.8 Å². The Hall–Kier alpha value is -1.84. The first-order valence-electron chi connectivity index (χ1n) is 6.26. The van der Waals surface area contributed by atoms with E-state index in [1.165, 1.54) is 6.92 Å². The molecular weight excluding hydrogens is 228 g/mol. The minimum absolute atomic E-state index is 0.0483. The van der Waals surface area contributed by atoms with Gasteiger partial charge in [-0.3, -0.25) is 9.59 Å². The third-order valence-corrected chi connectivity index (χ3v) is 3.24. The van der Waals surface area contributed by atoms with Crippen LogP contribution in [0.15, 0.2) is 24.3 Å². The molecule has 4 heteroatoms. The van der Waals surface area contributed by atoms with Gasteiger partial charge in [0.1, 0.15) is 0 Å². The Bertz CT molecular complexity index is 471. The van der Waals surface area contributed by atoms with E-state index in [-0.39, 0.29) is 11.8 Å². The maximum absolute atomic E-state index is 12.3. The van der Waals surface area contributed by atoms with Crippen molar-refractivity contribution in [2.24, 2.45) is 0 Å². The summed E-state index contributed by atoms with van der Waals surface area (Å²) < 4.78 is 0. The predicted octanol–water partition coefficient (Wildman–Crippen LogP) is 2.27. The number of rotatable bonds is 2. The maximum atomic E-state index is 12.3. The van der Waals surface area contributed by atoms with Crippen molar-refractivity contribution in [1.82, 2.24) is 4.90 Å². The summed E-state index contributed by atoms with van der Waals surface area (Å²) in [5.41, 5.74) is 1.30. The number of carbonyl (C=O) groups is 2. The van der Waals surface area contributed by atoms with Gasteiger partial charge < -0.3 is 10.2 Å². The normalized spacial score (nSPS) is 18.8. The molecule has 0 bridgehead atoms. The quantitative estimate of drug-likeness (QED) is 0.870. The highest BCUT2D eigenvalue weighted by Crippen LogP contribution is 2.20. The molecule has 1 aromatic rings. The monoisotopic (exact) mass is 246 g/mol. The molecular formula is C14H18N2O2. The van der Waals surface area contributed by atoms with E-state index >= 15 is 0 Å². The zero-order chi connectivity index (χ0) is 13.1. The van der Waals surface area contributed by atoms with Crippen LogP contribution in [0.4, 0.5) is 5.69 Å². The van der Waals surface area contributed by atoms with Crippen LogP contribution in [0, 0.1) is 0 Å². The second-order valence-electron chi connectivity index (χ2n) is 4.75. The van der Waals surface area contributed by atoms with Crippen LogP contribution in [0.5, 0.6) is 0 Å². The fourth-order valence-corrected chi connectivity index (χ4v) is 2.33. The van der Waals surface area contributed by atoms with Gasteiger partial charge in [0.15, 0.2) is 0 Å². The number of anilines is 1. The van der Waals surface area contributed by atoms with E-state index in [0.717, 1.165) is 19.4 Å². The number of hydrogen-bond acceptors (Lipinski definition) is 2. The highest BCUT2D eigenvalue weighted by Gasteiger charge is 2.25. The lowest BCUT2D eigenvalue weighted by molar-refractivity contribution is -0.114. The Morgan fingerprint density at radius 1 is 1.39 bits per heavy atom. The molecule has 0 saturated carbocycles. The van der Waals surface area contributed by atoms with Crippen molar-refractivity contribution < 1.29 is 9.59 Å². The number of nitrogens with zero attached hydrogens (tertiary/aromatic N) is 1. The van der Waals surface area contributed by atoms with Gasteiger partial charge in [-0.05, 0) is 38.0 Å². The van der Waals surface area contributed by atoms with Crippen LogP contribution in [0.2, 0.25) is 0 Å². The molecule has 1 aromatic carbocycles. The van der Waals surface area contributed by atoms with Gasteiger partial charge >= 0.3 is 0 Å². The van der Waals surface area contributed by atoms with Gasteiger partial charge in [0.25, 0.3) is 5.91 Å². The first kappa shape index (κ1) is 12.6. The Balaban J connectivity index is 2.17. The van der Waals surface area contributed by atoms with Gasteiger partial charge in [-0.25, -0.2) is 0 Å². The van der Waals surface area contributed by atoms with Crippen LogP contribution in [0.25, 0.3) is 0 Å². The third-order valence-electron chi connectivity index (χ3n) is 3.24. The van der Waals surface area contributed by atoms with Crippen molar-refractivity contribution in [2.45, 2.75) is 32.7 Å². The molecule has 1 fully saturated rings. The standard InChI is InChI=1S/C14H18N2O2/c1-10-5-4-8-16(10)14(18)12-6-3-7-13(9-12)15-11(2)17/h3,6-7,9-10H,4-5,8H2,1-2H3,(H,15,17). The molecule has 0 aromatic heterocycles. The van der Waals surface area contributed by atoms with Crippen LogP contribution in [0.1, 0.15) is 37.0 Å². The largest absolute Gasteiger partial charge is 0.336 e. The first-order chi connectivity index (χ1) is 8.58. The number of hydrogen-bond donors (Lipinski definition) is 1. The molecule has 1 heterocycles. The third kappa shape index (κ3) is 2.70. The molecule has 1 aliphatic rings. The topological polar surface area (TPSA) is 49.4 Å². The summed E-state index contributed by atoms with van der Waals surface area (Å²) in [5, 5.41) is 2.69. The van der Waals surface area contributed by atoms with E-state index in [1.54, 1.807) is 24.3 Å². The van der Waals surface area contributed by atoms with Gasteiger partial charge in [-0.15, -0.1) is 0 Å². The Kier molecular flexibility index (Phi) is 3.65. The summed E-state index contributed by atoms with van der Waals surface area (Å²) in [6, 6.07) is 7.40. The summed E-state index contributed by atoms with van der Waals surface area (Å²) in [4.78, 5) is 25.2. The molecule has 96 valence electrons. The average molecular weight is 246 g/mol. The molecule has 1 aliphatic heterocycles. The lowest BCUT2D eigenvalue weighted by Crippen LogP contribution is -2.33. The Labute approximate surface area is 107 Å². The van der Waals surface area contributed by atoms with Gasteiger partial charge in [-0.2, -0.15) is 0 Å². The molecule has 2 rings (SSSR count). The molecule has 0 spiro atoms. The molecule has 18 heavy (non-hydrogen) atoms. The van der Waals surface area contributed by atoms with Gasteiger partial charge in [0.05, 0.1) is 0 Å². The van der Waals surface area contributed by atoms with Gasteiger partial charge in [-0.1, -0.05) is 6.07 Å². The lowest BCUT2D eigenvalue weighted by Gasteiger charge is -2.21. The van der Waals surface area contributed by atoms with E-state index in [1.807, 2.05) is 4.90 Å². The predicted molar refractivity (Wildman–Crippen MR) is 70.5 cm³/mol. The molecule has 0 radical (unpaired) electrons. The van der Waals surface area contributed by atoms with Crippen LogP contribution >= 0.6 is 0 Å². The van der Waals surface area contributed by atoms with Gasteiger partial charge in [0.2, 0.25) is 5.91 Å². The molecule has 1 unspecified atom stereocenters. The molecule has 0 aliphatic carbocycles. The average Bonchev–Trinajstić information content (AvgIpc) is 2.74. The smallest absolute Gasteiger partial charge is 0.254 e. The first-order valence-corrected chi connectivity index (χ1v) is 6.26. The summed E-state index contributed by atoms with van der Waals surface area (Å²) >= 11 is 0. The minimum Gasteiger partial charge on any atom is -0.336 e. The number of nitrogens with one attached hydrogen (secondary N) is 1. The fourth-order valence-electron chi connectivity index (χ4n) is 2.33. The van der Waals surface area contributed by atoms with E-state index in [2.05, 4.69) is 12.2 Å². The van der Waals surface area contributed by atoms with Crippen molar-refractivity contribution >= 4 is 17.5 Å². The molecule has 2 amide bonds. The van der Waals surface area contributed by atoms with E-state index in [4.69, 9.17) is 0 Å². The number of benzene rings is 1. The lowest BCUT2D eigenvalue weighted by atomic mass is 10.1. The zero-order valence-electron chi connectivity index (χ0n) is 10.8. The molecule has 1 saturated heterocycles. The summed E-state index contributed by atoms with van der Waals surface area (Å²) in [5.74, 6) is -0.0821. The van der Waals surface area contributed by atoms with Crippen LogP contribution in [-0.2, 0) is 4.79 Å². The van der Waals surface area contributed by atoms with Crippen molar-refractivity contribution in [3.8, 4) is 0 Å². The fraction of sp³-hybridized carbons (Fsp3) is 0.429. The summed E-state index contributed by atoms with van der Waals surface area (Å²) in [7, 11) is 0.